The molecule has 0 unspecified atom stereocenters. The number of aryl methyl sites for hydroxylation is 1. The summed E-state index contributed by atoms with van der Waals surface area (Å²) in [7, 11) is 0. The fourth-order valence-electron chi connectivity index (χ4n) is 3.82. The van der Waals surface area contributed by atoms with Crippen LogP contribution in [0.5, 0.6) is 5.88 Å². The number of imidazole rings is 1. The number of benzene rings is 3. The van der Waals surface area contributed by atoms with Gasteiger partial charge in [-0.2, -0.15) is 0 Å². The minimum Gasteiger partial charge on any atom is -0.494 e. The van der Waals surface area contributed by atoms with Gasteiger partial charge >= 0.3 is 0 Å². The standard InChI is InChI=1S/C25H21N5O/c1-15-22(30-25(26)27-15)17-11-13-18(14-12-17)28-23(16-7-3-2-4-8-16)21-19-9-5-6-10-20(19)29-24(21)31/h2-14,29,31H,1H3,(H3,26,27,30). The van der Waals surface area contributed by atoms with Crippen LogP contribution in [0.25, 0.3) is 22.2 Å². The monoisotopic (exact) mass is 407 g/mol. The third-order valence-corrected chi connectivity index (χ3v) is 5.25. The van der Waals surface area contributed by atoms with Gasteiger partial charge in [0.15, 0.2) is 11.8 Å². The van der Waals surface area contributed by atoms with Crippen LogP contribution in [-0.2, 0) is 0 Å². The van der Waals surface area contributed by atoms with Crippen molar-refractivity contribution < 1.29 is 5.11 Å². The highest BCUT2D eigenvalue weighted by molar-refractivity contribution is 6.21. The van der Waals surface area contributed by atoms with Gasteiger partial charge in [0.25, 0.3) is 0 Å². The van der Waals surface area contributed by atoms with Gasteiger partial charge in [0, 0.05) is 27.7 Å². The van der Waals surface area contributed by atoms with E-state index in [-0.39, 0.29) is 5.88 Å². The Bertz CT molecular complexity index is 1400. The van der Waals surface area contributed by atoms with Crippen LogP contribution >= 0.6 is 0 Å². The molecule has 0 saturated carbocycles. The number of hydrogen-bond donors (Lipinski definition) is 4. The van der Waals surface area contributed by atoms with Crippen LogP contribution in [0.15, 0.2) is 83.9 Å². The lowest BCUT2D eigenvalue weighted by atomic mass is 10.0. The number of fused-ring (bicyclic) bond motifs is 1. The first-order valence-electron chi connectivity index (χ1n) is 9.97. The van der Waals surface area contributed by atoms with Crippen molar-refractivity contribution in [3.8, 4) is 17.1 Å². The van der Waals surface area contributed by atoms with Gasteiger partial charge in [0.05, 0.1) is 22.7 Å². The normalized spacial score (nSPS) is 11.8. The van der Waals surface area contributed by atoms with Gasteiger partial charge in [-0.1, -0.05) is 60.7 Å². The molecular weight excluding hydrogens is 386 g/mol. The van der Waals surface area contributed by atoms with Crippen LogP contribution in [0, 0.1) is 6.92 Å². The van der Waals surface area contributed by atoms with Crippen LogP contribution in [-0.4, -0.2) is 25.8 Å². The molecule has 0 amide bonds. The van der Waals surface area contributed by atoms with Crippen molar-refractivity contribution in [3.05, 3.63) is 95.7 Å². The smallest absolute Gasteiger partial charge is 0.199 e. The molecule has 0 bridgehead atoms. The highest BCUT2D eigenvalue weighted by atomic mass is 16.3. The minimum atomic E-state index is 0.100. The van der Waals surface area contributed by atoms with Gasteiger partial charge in [-0.15, -0.1) is 0 Å². The molecule has 0 atom stereocenters. The highest BCUT2D eigenvalue weighted by Gasteiger charge is 2.18. The summed E-state index contributed by atoms with van der Waals surface area (Å²) < 4.78 is 0. The molecule has 0 spiro atoms. The maximum atomic E-state index is 10.7. The third kappa shape index (κ3) is 3.44. The number of aliphatic imine (C=N–C) groups is 1. The molecule has 0 fully saturated rings. The van der Waals surface area contributed by atoms with Crippen molar-refractivity contribution in [2.45, 2.75) is 6.92 Å². The van der Waals surface area contributed by atoms with Gasteiger partial charge in [-0.25, -0.2) is 9.98 Å². The first-order valence-corrected chi connectivity index (χ1v) is 9.97. The Labute approximate surface area is 179 Å². The van der Waals surface area contributed by atoms with Crippen LogP contribution in [0.4, 0.5) is 11.6 Å². The van der Waals surface area contributed by atoms with Crippen molar-refractivity contribution in [1.82, 2.24) is 15.0 Å². The van der Waals surface area contributed by atoms with Crippen molar-refractivity contribution in [2.75, 3.05) is 5.73 Å². The fraction of sp³-hybridized carbons (Fsp3) is 0.0400. The van der Waals surface area contributed by atoms with Crippen molar-refractivity contribution >= 4 is 28.3 Å². The predicted molar refractivity (Wildman–Crippen MR) is 125 cm³/mol. The summed E-state index contributed by atoms with van der Waals surface area (Å²) in [5, 5.41) is 11.6. The molecule has 0 aliphatic rings. The molecule has 2 heterocycles. The first kappa shape index (κ1) is 18.7. The van der Waals surface area contributed by atoms with Crippen molar-refractivity contribution in [2.24, 2.45) is 4.99 Å². The average Bonchev–Trinajstić information content (AvgIpc) is 3.30. The van der Waals surface area contributed by atoms with E-state index in [9.17, 15) is 5.11 Å². The maximum Gasteiger partial charge on any atom is 0.199 e. The molecule has 0 aliphatic heterocycles. The number of anilines is 1. The zero-order valence-electron chi connectivity index (χ0n) is 16.9. The second-order valence-corrected chi connectivity index (χ2v) is 7.36. The quantitative estimate of drug-likeness (QED) is 0.303. The lowest BCUT2D eigenvalue weighted by molar-refractivity contribution is 0.457. The van der Waals surface area contributed by atoms with Crippen LogP contribution in [0.1, 0.15) is 16.8 Å². The van der Waals surface area contributed by atoms with Gasteiger partial charge in [0.2, 0.25) is 0 Å². The Morgan fingerprint density at radius 1 is 0.903 bits per heavy atom. The molecule has 152 valence electrons. The topological polar surface area (TPSA) is 103 Å². The zero-order valence-corrected chi connectivity index (χ0v) is 16.9. The Morgan fingerprint density at radius 3 is 2.32 bits per heavy atom. The summed E-state index contributed by atoms with van der Waals surface area (Å²) >= 11 is 0. The Kier molecular flexibility index (Phi) is 4.52. The molecule has 5 aromatic rings. The number of aromatic amines is 2. The van der Waals surface area contributed by atoms with Crippen LogP contribution in [0.2, 0.25) is 0 Å². The number of nitrogens with two attached hydrogens (primary N) is 1. The number of nitrogen functional groups attached to an aromatic ring is 1. The summed E-state index contributed by atoms with van der Waals surface area (Å²) in [6.45, 7) is 1.94. The molecule has 0 saturated heterocycles. The molecular formula is C25H21N5O. The molecule has 5 N–H and O–H groups in total. The van der Waals surface area contributed by atoms with E-state index in [1.165, 1.54) is 0 Å². The summed E-state index contributed by atoms with van der Waals surface area (Å²) in [5.41, 5.74) is 12.4. The molecule has 31 heavy (non-hydrogen) atoms. The largest absolute Gasteiger partial charge is 0.494 e. The SMILES string of the molecule is Cc1[nH]c(N)nc1-c1ccc(N=C(c2ccccc2)c2c(O)[nH]c3ccccc23)cc1. The first-order chi connectivity index (χ1) is 15.1. The van der Waals surface area contributed by atoms with Gasteiger partial charge in [-0.05, 0) is 25.1 Å². The number of H-pyrrole nitrogens is 2. The number of aromatic hydroxyl groups is 1. The van der Waals surface area contributed by atoms with E-state index in [4.69, 9.17) is 10.7 Å². The maximum absolute atomic E-state index is 10.7. The van der Waals surface area contributed by atoms with E-state index in [0.717, 1.165) is 39.1 Å². The Hall–Kier alpha value is -4.32. The molecule has 2 aromatic heterocycles. The summed E-state index contributed by atoms with van der Waals surface area (Å²) in [4.78, 5) is 15.4. The molecule has 0 aliphatic carbocycles. The summed E-state index contributed by atoms with van der Waals surface area (Å²) in [6, 6.07) is 25.5. The zero-order chi connectivity index (χ0) is 21.4. The third-order valence-electron chi connectivity index (χ3n) is 5.25. The average molecular weight is 407 g/mol. The van der Waals surface area contributed by atoms with E-state index in [0.29, 0.717) is 17.2 Å². The molecule has 6 heteroatoms. The van der Waals surface area contributed by atoms with E-state index in [2.05, 4.69) is 15.0 Å². The van der Waals surface area contributed by atoms with Crippen molar-refractivity contribution in [1.29, 1.82) is 0 Å². The van der Waals surface area contributed by atoms with Crippen LogP contribution < -0.4 is 5.73 Å². The molecule has 6 nitrogen and oxygen atoms in total. The number of nitrogens with zero attached hydrogens (tertiary/aromatic N) is 2. The highest BCUT2D eigenvalue weighted by Crippen LogP contribution is 2.32. The van der Waals surface area contributed by atoms with Gasteiger partial charge < -0.3 is 20.8 Å². The second kappa shape index (κ2) is 7.50. The molecule has 0 radical (unpaired) electrons. The van der Waals surface area contributed by atoms with Gasteiger partial charge in [-0.3, -0.25) is 0 Å². The number of aromatic nitrogens is 3. The molecule has 3 aromatic carbocycles. The second-order valence-electron chi connectivity index (χ2n) is 7.36. The summed E-state index contributed by atoms with van der Waals surface area (Å²) in [5.74, 6) is 0.499. The lowest BCUT2D eigenvalue weighted by Crippen LogP contribution is -2.02. The van der Waals surface area contributed by atoms with E-state index in [1.54, 1.807) is 0 Å². The van der Waals surface area contributed by atoms with Crippen LogP contribution in [0.3, 0.4) is 0 Å². The number of rotatable bonds is 4. The van der Waals surface area contributed by atoms with E-state index < -0.39 is 0 Å². The number of nitrogens with one attached hydrogen (secondary N) is 2. The van der Waals surface area contributed by atoms with Crippen molar-refractivity contribution in [3.63, 3.8) is 0 Å². The Balaban J connectivity index is 1.64. The molecule has 5 rings (SSSR count). The Morgan fingerprint density at radius 2 is 1.61 bits per heavy atom. The van der Waals surface area contributed by atoms with E-state index in [1.807, 2.05) is 85.8 Å². The fourth-order valence-corrected chi connectivity index (χ4v) is 3.82. The van der Waals surface area contributed by atoms with E-state index >= 15 is 0 Å². The predicted octanol–water partition coefficient (Wildman–Crippen LogP) is 5.32. The minimum absolute atomic E-state index is 0.100. The number of hydrogen-bond acceptors (Lipinski definition) is 4. The summed E-state index contributed by atoms with van der Waals surface area (Å²) in [6.07, 6.45) is 0. The lowest BCUT2D eigenvalue weighted by Gasteiger charge is -2.08. The number of para-hydroxylation sites is 1. The van der Waals surface area contributed by atoms with Gasteiger partial charge in [0.1, 0.15) is 0 Å².